The van der Waals surface area contributed by atoms with E-state index in [1.165, 1.54) is 16.8 Å². The smallest absolute Gasteiger partial charge is 0.274 e. The highest BCUT2D eigenvalue weighted by atomic mass is 16.6. The maximum atomic E-state index is 13.0. The summed E-state index contributed by atoms with van der Waals surface area (Å²) in [5, 5.41) is 15.3. The van der Waals surface area contributed by atoms with Crippen molar-refractivity contribution in [1.29, 1.82) is 0 Å². The molecule has 1 aromatic carbocycles. The summed E-state index contributed by atoms with van der Waals surface area (Å²) in [5.74, 6) is -0.0868. The van der Waals surface area contributed by atoms with Gasteiger partial charge in [0.25, 0.3) is 11.6 Å². The van der Waals surface area contributed by atoms with Crippen molar-refractivity contribution in [3.05, 3.63) is 52.3 Å². The lowest BCUT2D eigenvalue weighted by Gasteiger charge is -2.28. The first-order valence-electron chi connectivity index (χ1n) is 9.59. The molecule has 146 valence electrons. The molecule has 0 saturated heterocycles. The maximum absolute atomic E-state index is 13.0. The van der Waals surface area contributed by atoms with Crippen LogP contribution in [-0.2, 0) is 0 Å². The number of rotatable bonds is 10. The number of hydrogen-bond acceptors (Lipinski definition) is 4. The molecule has 1 amide bonds. The van der Waals surface area contributed by atoms with Gasteiger partial charge in [-0.25, -0.2) is 4.68 Å². The Labute approximate surface area is 160 Å². The molecule has 27 heavy (non-hydrogen) atoms. The summed E-state index contributed by atoms with van der Waals surface area (Å²) in [7, 11) is 0. The van der Waals surface area contributed by atoms with E-state index in [9.17, 15) is 14.9 Å². The molecule has 0 radical (unpaired) electrons. The van der Waals surface area contributed by atoms with Crippen molar-refractivity contribution in [1.82, 2.24) is 14.7 Å². The second-order valence-corrected chi connectivity index (χ2v) is 6.77. The number of nitro groups is 1. The van der Waals surface area contributed by atoms with Crippen LogP contribution in [0, 0.1) is 10.1 Å². The van der Waals surface area contributed by atoms with Gasteiger partial charge in [-0.05, 0) is 31.9 Å². The lowest BCUT2D eigenvalue weighted by molar-refractivity contribution is -0.384. The molecule has 1 atom stereocenters. The van der Waals surface area contributed by atoms with Crippen LogP contribution in [0.3, 0.4) is 0 Å². The number of carbonyl (C=O) groups is 1. The normalized spacial score (nSPS) is 12.0. The van der Waals surface area contributed by atoms with Gasteiger partial charge in [-0.1, -0.05) is 39.2 Å². The van der Waals surface area contributed by atoms with E-state index in [-0.39, 0.29) is 17.6 Å². The standard InChI is InChI=1S/C20H28N4O3/c1-4-6-7-13-22(16(3)9-5-2)20(25)19-12-14-23(21-19)17-10-8-11-18(15-17)24(26)27/h8,10-12,14-16H,4-7,9,13H2,1-3H3. The van der Waals surface area contributed by atoms with Crippen LogP contribution in [0.25, 0.3) is 5.69 Å². The van der Waals surface area contributed by atoms with Crippen LogP contribution < -0.4 is 0 Å². The number of amides is 1. The van der Waals surface area contributed by atoms with Gasteiger partial charge in [0.15, 0.2) is 5.69 Å². The molecule has 7 heteroatoms. The fourth-order valence-corrected chi connectivity index (χ4v) is 3.11. The molecule has 1 heterocycles. The van der Waals surface area contributed by atoms with E-state index in [2.05, 4.69) is 25.9 Å². The highest BCUT2D eigenvalue weighted by Gasteiger charge is 2.23. The fraction of sp³-hybridized carbons (Fsp3) is 0.500. The predicted molar refractivity (Wildman–Crippen MR) is 105 cm³/mol. The Hall–Kier alpha value is -2.70. The lowest BCUT2D eigenvalue weighted by Crippen LogP contribution is -2.39. The summed E-state index contributed by atoms with van der Waals surface area (Å²) in [6.45, 7) is 7.05. The molecular weight excluding hydrogens is 344 g/mol. The Morgan fingerprint density at radius 1 is 1.26 bits per heavy atom. The summed E-state index contributed by atoms with van der Waals surface area (Å²) in [5.41, 5.74) is 0.914. The zero-order valence-electron chi connectivity index (χ0n) is 16.3. The van der Waals surface area contributed by atoms with Crippen LogP contribution in [0.15, 0.2) is 36.5 Å². The molecular formula is C20H28N4O3. The van der Waals surface area contributed by atoms with Crippen molar-refractivity contribution in [2.45, 2.75) is 58.9 Å². The molecule has 0 N–H and O–H groups in total. The molecule has 0 aliphatic carbocycles. The van der Waals surface area contributed by atoms with E-state index in [0.717, 1.165) is 38.6 Å². The Balaban J connectivity index is 2.21. The Kier molecular flexibility index (Phi) is 7.52. The number of non-ortho nitro benzene ring substituents is 1. The largest absolute Gasteiger partial charge is 0.335 e. The average Bonchev–Trinajstić information content (AvgIpc) is 3.15. The number of benzene rings is 1. The summed E-state index contributed by atoms with van der Waals surface area (Å²) in [4.78, 5) is 25.4. The van der Waals surface area contributed by atoms with E-state index in [0.29, 0.717) is 11.4 Å². The highest BCUT2D eigenvalue weighted by Crippen LogP contribution is 2.18. The van der Waals surface area contributed by atoms with Crippen molar-refractivity contribution in [2.24, 2.45) is 0 Å². The summed E-state index contributed by atoms with van der Waals surface area (Å²) >= 11 is 0. The van der Waals surface area contributed by atoms with Crippen molar-refractivity contribution in [2.75, 3.05) is 6.54 Å². The molecule has 1 aromatic heterocycles. The van der Waals surface area contributed by atoms with Gasteiger partial charge in [-0.15, -0.1) is 0 Å². The van der Waals surface area contributed by atoms with Gasteiger partial charge in [-0.3, -0.25) is 14.9 Å². The van der Waals surface area contributed by atoms with Crippen LogP contribution in [0.1, 0.15) is 63.4 Å². The summed E-state index contributed by atoms with van der Waals surface area (Å²) < 4.78 is 1.51. The van der Waals surface area contributed by atoms with Crippen molar-refractivity contribution in [3.63, 3.8) is 0 Å². The number of aromatic nitrogens is 2. The van der Waals surface area contributed by atoms with Gasteiger partial charge in [-0.2, -0.15) is 5.10 Å². The molecule has 0 bridgehead atoms. The number of hydrogen-bond donors (Lipinski definition) is 0. The predicted octanol–water partition coefficient (Wildman–Crippen LogP) is 4.60. The van der Waals surface area contributed by atoms with Gasteiger partial charge in [0.1, 0.15) is 0 Å². The third kappa shape index (κ3) is 5.39. The Morgan fingerprint density at radius 2 is 2.04 bits per heavy atom. The molecule has 7 nitrogen and oxygen atoms in total. The SMILES string of the molecule is CCCCCN(C(=O)c1ccn(-c2cccc([N+](=O)[O-])c2)n1)C(C)CCC. The van der Waals surface area contributed by atoms with Gasteiger partial charge in [0, 0.05) is 30.9 Å². The van der Waals surface area contributed by atoms with E-state index in [1.54, 1.807) is 24.4 Å². The topological polar surface area (TPSA) is 81.3 Å². The monoisotopic (exact) mass is 372 g/mol. The van der Waals surface area contributed by atoms with E-state index >= 15 is 0 Å². The molecule has 0 aliphatic heterocycles. The first kappa shape index (κ1) is 20.6. The first-order valence-corrected chi connectivity index (χ1v) is 9.59. The Bertz CT molecular complexity index is 772. The Morgan fingerprint density at radius 3 is 2.70 bits per heavy atom. The molecule has 2 aromatic rings. The summed E-state index contributed by atoms with van der Waals surface area (Å²) in [6, 6.07) is 8.04. The highest BCUT2D eigenvalue weighted by molar-refractivity contribution is 5.92. The van der Waals surface area contributed by atoms with E-state index < -0.39 is 4.92 Å². The van der Waals surface area contributed by atoms with Gasteiger partial charge in [0.2, 0.25) is 0 Å². The molecule has 0 saturated carbocycles. The molecule has 1 unspecified atom stereocenters. The molecule has 0 spiro atoms. The minimum Gasteiger partial charge on any atom is -0.335 e. The quantitative estimate of drug-likeness (QED) is 0.347. The zero-order chi connectivity index (χ0) is 19.8. The molecule has 0 aliphatic rings. The number of carbonyl (C=O) groups excluding carboxylic acids is 1. The molecule has 0 fully saturated rings. The third-order valence-corrected chi connectivity index (χ3v) is 4.62. The van der Waals surface area contributed by atoms with Crippen molar-refractivity contribution < 1.29 is 9.72 Å². The molecule has 2 rings (SSSR count). The average molecular weight is 372 g/mol. The number of unbranched alkanes of at least 4 members (excludes halogenated alkanes) is 2. The minimum absolute atomic E-state index is 0.00589. The van der Waals surface area contributed by atoms with Gasteiger partial charge in [0.05, 0.1) is 10.6 Å². The van der Waals surface area contributed by atoms with Crippen molar-refractivity contribution in [3.8, 4) is 5.69 Å². The van der Waals surface area contributed by atoms with E-state index in [1.807, 2.05) is 4.90 Å². The minimum atomic E-state index is -0.443. The zero-order valence-corrected chi connectivity index (χ0v) is 16.3. The second kappa shape index (κ2) is 9.85. The van der Waals surface area contributed by atoms with Gasteiger partial charge >= 0.3 is 0 Å². The van der Waals surface area contributed by atoms with Crippen LogP contribution in [-0.4, -0.2) is 38.1 Å². The number of nitrogens with zero attached hydrogens (tertiary/aromatic N) is 4. The van der Waals surface area contributed by atoms with Crippen LogP contribution in [0.5, 0.6) is 0 Å². The van der Waals surface area contributed by atoms with Crippen molar-refractivity contribution >= 4 is 11.6 Å². The van der Waals surface area contributed by atoms with E-state index in [4.69, 9.17) is 0 Å². The van der Waals surface area contributed by atoms with Crippen LogP contribution in [0.2, 0.25) is 0 Å². The van der Waals surface area contributed by atoms with Crippen LogP contribution in [0.4, 0.5) is 5.69 Å². The fourth-order valence-electron chi connectivity index (χ4n) is 3.11. The van der Waals surface area contributed by atoms with Crippen LogP contribution >= 0.6 is 0 Å². The third-order valence-electron chi connectivity index (χ3n) is 4.62. The lowest BCUT2D eigenvalue weighted by atomic mass is 10.1. The summed E-state index contributed by atoms with van der Waals surface area (Å²) in [6.07, 6.45) is 6.80. The maximum Gasteiger partial charge on any atom is 0.274 e. The second-order valence-electron chi connectivity index (χ2n) is 6.77. The number of nitro benzene ring substituents is 1. The first-order chi connectivity index (χ1) is 13.0. The van der Waals surface area contributed by atoms with Gasteiger partial charge < -0.3 is 4.90 Å².